The Morgan fingerprint density at radius 1 is 1.67 bits per heavy atom. The van der Waals surface area contributed by atoms with E-state index in [0.29, 0.717) is 6.04 Å². The first-order valence-electron chi connectivity index (χ1n) is 3.33. The van der Waals surface area contributed by atoms with Crippen molar-refractivity contribution in [1.82, 2.24) is 10.4 Å². The van der Waals surface area contributed by atoms with Gasteiger partial charge in [0.15, 0.2) is 0 Å². The molecule has 1 unspecified atom stereocenters. The van der Waals surface area contributed by atoms with E-state index in [9.17, 15) is 0 Å². The predicted octanol–water partition coefficient (Wildman–Crippen LogP) is -0.159. The summed E-state index contributed by atoms with van der Waals surface area (Å²) in [5, 5.41) is 5.18. The van der Waals surface area contributed by atoms with Crippen LogP contribution >= 0.6 is 0 Å². The first kappa shape index (κ1) is 6.99. The van der Waals surface area contributed by atoms with Crippen LogP contribution in [0, 0.1) is 0 Å². The van der Waals surface area contributed by atoms with Crippen LogP contribution in [0.3, 0.4) is 0 Å². The number of likely N-dealkylation sites (N-methyl/N-ethyl adjacent to an activating group) is 1. The summed E-state index contributed by atoms with van der Waals surface area (Å²) in [7, 11) is 3.71. The molecule has 0 aromatic carbocycles. The zero-order chi connectivity index (χ0) is 6.69. The summed E-state index contributed by atoms with van der Waals surface area (Å²) >= 11 is 0. The van der Waals surface area contributed by atoms with Crippen molar-refractivity contribution in [3.8, 4) is 0 Å². The van der Waals surface area contributed by atoms with E-state index in [4.69, 9.17) is 4.84 Å². The van der Waals surface area contributed by atoms with Gasteiger partial charge >= 0.3 is 0 Å². The topological polar surface area (TPSA) is 24.5 Å². The molecule has 1 N–H and O–H groups in total. The minimum Gasteiger partial charge on any atom is -0.316 e. The molecule has 1 saturated heterocycles. The van der Waals surface area contributed by atoms with Gasteiger partial charge in [0, 0.05) is 19.1 Å². The average molecular weight is 130 g/mol. The monoisotopic (exact) mass is 130 g/mol. The summed E-state index contributed by atoms with van der Waals surface area (Å²) in [5.41, 5.74) is 0. The molecule has 3 heteroatoms. The van der Waals surface area contributed by atoms with Crippen molar-refractivity contribution in [1.29, 1.82) is 0 Å². The van der Waals surface area contributed by atoms with Gasteiger partial charge < -0.3 is 10.2 Å². The van der Waals surface area contributed by atoms with E-state index in [1.807, 2.05) is 12.1 Å². The number of nitrogens with zero attached hydrogens (tertiary/aromatic N) is 1. The third-order valence-electron chi connectivity index (χ3n) is 1.82. The zero-order valence-corrected chi connectivity index (χ0v) is 6.05. The summed E-state index contributed by atoms with van der Waals surface area (Å²) in [6.45, 7) is 2.08. The summed E-state index contributed by atoms with van der Waals surface area (Å²) < 4.78 is 0. The summed E-state index contributed by atoms with van der Waals surface area (Å²) in [4.78, 5) is 5.04. The lowest BCUT2D eigenvalue weighted by Gasteiger charge is -2.11. The van der Waals surface area contributed by atoms with Crippen LogP contribution in [0.2, 0.25) is 0 Å². The zero-order valence-electron chi connectivity index (χ0n) is 6.05. The Kier molecular flexibility index (Phi) is 2.45. The fraction of sp³-hybridized carbons (Fsp3) is 1.00. The van der Waals surface area contributed by atoms with Gasteiger partial charge in [-0.1, -0.05) is 0 Å². The maximum atomic E-state index is 5.04. The molecular weight excluding hydrogens is 116 g/mol. The van der Waals surface area contributed by atoms with Crippen LogP contribution < -0.4 is 5.32 Å². The Labute approximate surface area is 55.9 Å². The maximum Gasteiger partial charge on any atom is 0.0575 e. The van der Waals surface area contributed by atoms with Gasteiger partial charge in [-0.25, -0.2) is 0 Å². The van der Waals surface area contributed by atoms with E-state index in [1.54, 1.807) is 7.11 Å². The summed E-state index contributed by atoms with van der Waals surface area (Å²) in [5.74, 6) is 0. The molecule has 1 aliphatic heterocycles. The lowest BCUT2D eigenvalue weighted by molar-refractivity contribution is -0.113. The lowest BCUT2D eigenvalue weighted by atomic mass is 10.3. The van der Waals surface area contributed by atoms with Crippen molar-refractivity contribution in [2.45, 2.75) is 12.5 Å². The van der Waals surface area contributed by atoms with Crippen molar-refractivity contribution in [3.05, 3.63) is 0 Å². The Balaban J connectivity index is 2.20. The second kappa shape index (κ2) is 3.15. The number of hydrogen-bond acceptors (Lipinski definition) is 3. The van der Waals surface area contributed by atoms with Gasteiger partial charge in [-0.3, -0.25) is 0 Å². The van der Waals surface area contributed by atoms with Crippen LogP contribution in [-0.4, -0.2) is 38.4 Å². The molecule has 0 aromatic heterocycles. The minimum atomic E-state index is 0.630. The predicted molar refractivity (Wildman–Crippen MR) is 36.0 cm³/mol. The number of hydrogen-bond donors (Lipinski definition) is 1. The maximum absolute atomic E-state index is 5.04. The van der Waals surface area contributed by atoms with E-state index in [1.165, 1.54) is 6.42 Å². The molecular formula is C6H14N2O. The van der Waals surface area contributed by atoms with Crippen LogP contribution in [0.4, 0.5) is 0 Å². The quantitative estimate of drug-likeness (QED) is 0.562. The highest BCUT2D eigenvalue weighted by molar-refractivity contribution is 4.74. The lowest BCUT2D eigenvalue weighted by Crippen LogP contribution is -2.28. The van der Waals surface area contributed by atoms with Crippen LogP contribution in [0.5, 0.6) is 0 Å². The Morgan fingerprint density at radius 3 is 2.78 bits per heavy atom. The molecule has 3 nitrogen and oxygen atoms in total. The Hall–Kier alpha value is -0.120. The van der Waals surface area contributed by atoms with E-state index in [0.717, 1.165) is 13.1 Å². The standard InChI is InChI=1S/C6H14N2O/c1-7-6-3-4-8(5-6)9-2/h6-7H,3-5H2,1-2H3. The van der Waals surface area contributed by atoms with Crippen molar-refractivity contribution in [2.75, 3.05) is 27.2 Å². The van der Waals surface area contributed by atoms with Crippen molar-refractivity contribution in [3.63, 3.8) is 0 Å². The van der Waals surface area contributed by atoms with Gasteiger partial charge in [0.1, 0.15) is 0 Å². The molecule has 0 bridgehead atoms. The fourth-order valence-corrected chi connectivity index (χ4v) is 1.13. The molecule has 1 aliphatic rings. The normalized spacial score (nSPS) is 29.3. The van der Waals surface area contributed by atoms with Crippen LogP contribution in [-0.2, 0) is 4.84 Å². The Morgan fingerprint density at radius 2 is 2.44 bits per heavy atom. The largest absolute Gasteiger partial charge is 0.316 e. The van der Waals surface area contributed by atoms with Crippen LogP contribution in [0.25, 0.3) is 0 Å². The van der Waals surface area contributed by atoms with E-state index in [-0.39, 0.29) is 0 Å². The van der Waals surface area contributed by atoms with Crippen molar-refractivity contribution < 1.29 is 4.84 Å². The van der Waals surface area contributed by atoms with Crippen molar-refractivity contribution in [2.24, 2.45) is 0 Å². The molecule has 9 heavy (non-hydrogen) atoms. The molecule has 0 amide bonds. The van der Waals surface area contributed by atoms with E-state index >= 15 is 0 Å². The smallest absolute Gasteiger partial charge is 0.0575 e. The first-order chi connectivity index (χ1) is 4.36. The third-order valence-corrected chi connectivity index (χ3v) is 1.82. The highest BCUT2D eigenvalue weighted by atomic mass is 16.7. The van der Waals surface area contributed by atoms with Crippen molar-refractivity contribution >= 4 is 0 Å². The minimum absolute atomic E-state index is 0.630. The van der Waals surface area contributed by atoms with Gasteiger partial charge in [-0.15, -0.1) is 0 Å². The number of rotatable bonds is 2. The molecule has 0 aliphatic carbocycles. The Bertz CT molecular complexity index is 77.1. The highest BCUT2D eigenvalue weighted by Gasteiger charge is 2.19. The molecule has 0 saturated carbocycles. The second-order valence-electron chi connectivity index (χ2n) is 2.34. The van der Waals surface area contributed by atoms with Gasteiger partial charge in [-0.2, -0.15) is 5.06 Å². The molecule has 1 rings (SSSR count). The van der Waals surface area contributed by atoms with Crippen LogP contribution in [0.15, 0.2) is 0 Å². The number of nitrogens with one attached hydrogen (secondary N) is 1. The van der Waals surface area contributed by atoms with Crippen LogP contribution in [0.1, 0.15) is 6.42 Å². The highest BCUT2D eigenvalue weighted by Crippen LogP contribution is 2.06. The van der Waals surface area contributed by atoms with Gasteiger partial charge in [0.2, 0.25) is 0 Å². The summed E-state index contributed by atoms with van der Waals surface area (Å²) in [6, 6.07) is 0.630. The molecule has 1 atom stereocenters. The molecule has 0 aromatic rings. The second-order valence-corrected chi connectivity index (χ2v) is 2.34. The third kappa shape index (κ3) is 1.64. The fourth-order valence-electron chi connectivity index (χ4n) is 1.13. The van der Waals surface area contributed by atoms with Gasteiger partial charge in [0.05, 0.1) is 7.11 Å². The number of hydroxylamine groups is 2. The van der Waals surface area contributed by atoms with Gasteiger partial charge in [0.25, 0.3) is 0 Å². The average Bonchev–Trinajstić information content (AvgIpc) is 2.34. The molecule has 1 fully saturated rings. The summed E-state index contributed by atoms with van der Waals surface area (Å²) in [6.07, 6.45) is 1.20. The van der Waals surface area contributed by atoms with Gasteiger partial charge in [-0.05, 0) is 13.5 Å². The van der Waals surface area contributed by atoms with E-state index < -0.39 is 0 Å². The molecule has 0 radical (unpaired) electrons. The first-order valence-corrected chi connectivity index (χ1v) is 3.33. The SMILES string of the molecule is CNC1CCN(OC)C1. The molecule has 54 valence electrons. The van der Waals surface area contributed by atoms with E-state index in [2.05, 4.69) is 5.32 Å². The molecule has 0 spiro atoms. The molecule has 1 heterocycles.